The Morgan fingerprint density at radius 2 is 1.81 bits per heavy atom. The normalized spacial score (nSPS) is 11.0. The first-order chi connectivity index (χ1) is 14.8. The number of amides is 1. The van der Waals surface area contributed by atoms with E-state index in [0.29, 0.717) is 36.8 Å². The molecule has 1 N–H and O–H groups in total. The first-order valence-corrected chi connectivity index (χ1v) is 11.8. The largest absolute Gasteiger partial charge is 0.497 e. The summed E-state index contributed by atoms with van der Waals surface area (Å²) in [6, 6.07) is 12.6. The van der Waals surface area contributed by atoms with Crippen LogP contribution in [-0.4, -0.2) is 54.5 Å². The van der Waals surface area contributed by atoms with Gasteiger partial charge in [-0.1, -0.05) is 18.2 Å². The number of carbonyl (C=O) groups is 1. The maximum Gasteiger partial charge on any atom is 0.232 e. The average molecular weight is 451 g/mol. The number of aryl methyl sites for hydroxylation is 1. The molecule has 2 aromatic rings. The molecular formula is C22H30N2O6S. The van der Waals surface area contributed by atoms with Crippen LogP contribution in [0.2, 0.25) is 0 Å². The maximum atomic E-state index is 12.3. The number of methoxy groups -OCH3 is 2. The van der Waals surface area contributed by atoms with Gasteiger partial charge in [0.1, 0.15) is 23.9 Å². The summed E-state index contributed by atoms with van der Waals surface area (Å²) in [6.07, 6.45) is 1.67. The van der Waals surface area contributed by atoms with E-state index in [-0.39, 0.29) is 18.9 Å². The fourth-order valence-electron chi connectivity index (χ4n) is 3.00. The Kier molecular flexibility index (Phi) is 8.99. The highest BCUT2D eigenvalue weighted by Gasteiger charge is 2.21. The molecule has 0 atom stereocenters. The van der Waals surface area contributed by atoms with Crippen LogP contribution in [0.1, 0.15) is 18.4 Å². The lowest BCUT2D eigenvalue weighted by Crippen LogP contribution is -2.33. The Morgan fingerprint density at radius 3 is 2.45 bits per heavy atom. The minimum atomic E-state index is -3.56. The van der Waals surface area contributed by atoms with Gasteiger partial charge in [-0.15, -0.1) is 0 Å². The van der Waals surface area contributed by atoms with Gasteiger partial charge >= 0.3 is 0 Å². The molecule has 8 nitrogen and oxygen atoms in total. The molecule has 9 heteroatoms. The van der Waals surface area contributed by atoms with Crippen LogP contribution in [-0.2, 0) is 14.8 Å². The molecule has 0 radical (unpaired) electrons. The molecule has 0 heterocycles. The predicted octanol–water partition coefficient (Wildman–Crippen LogP) is 2.75. The van der Waals surface area contributed by atoms with E-state index in [9.17, 15) is 13.2 Å². The van der Waals surface area contributed by atoms with Crippen molar-refractivity contribution >= 4 is 21.6 Å². The highest BCUT2D eigenvalue weighted by atomic mass is 32.2. The molecule has 0 saturated heterocycles. The number of carbonyl (C=O) groups excluding carboxylic acids is 1. The van der Waals surface area contributed by atoms with Crippen LogP contribution in [0, 0.1) is 6.92 Å². The third kappa shape index (κ3) is 7.36. The van der Waals surface area contributed by atoms with Crippen molar-refractivity contribution in [2.75, 3.05) is 44.5 Å². The summed E-state index contributed by atoms with van der Waals surface area (Å²) >= 11 is 0. The van der Waals surface area contributed by atoms with Crippen molar-refractivity contribution < 1.29 is 27.4 Å². The van der Waals surface area contributed by atoms with E-state index < -0.39 is 10.0 Å². The van der Waals surface area contributed by atoms with Crippen LogP contribution in [0.5, 0.6) is 17.2 Å². The van der Waals surface area contributed by atoms with Gasteiger partial charge < -0.3 is 19.5 Å². The molecule has 0 aliphatic heterocycles. The van der Waals surface area contributed by atoms with Crippen molar-refractivity contribution in [3.63, 3.8) is 0 Å². The Bertz CT molecular complexity index is 978. The number of hydrogen-bond donors (Lipinski definition) is 1. The molecule has 0 spiro atoms. The summed E-state index contributed by atoms with van der Waals surface area (Å²) in [6.45, 7) is 2.83. The second kappa shape index (κ2) is 11.5. The molecule has 0 bridgehead atoms. The first kappa shape index (κ1) is 24.3. The van der Waals surface area contributed by atoms with Gasteiger partial charge in [0.2, 0.25) is 15.9 Å². The number of anilines is 1. The third-order valence-electron chi connectivity index (χ3n) is 4.60. The van der Waals surface area contributed by atoms with Gasteiger partial charge in [-0.3, -0.25) is 9.10 Å². The van der Waals surface area contributed by atoms with Gasteiger partial charge in [0.25, 0.3) is 0 Å². The van der Waals surface area contributed by atoms with Crippen molar-refractivity contribution in [3.05, 3.63) is 48.0 Å². The van der Waals surface area contributed by atoms with Gasteiger partial charge in [-0.05, 0) is 37.1 Å². The Morgan fingerprint density at radius 1 is 1.06 bits per heavy atom. The minimum absolute atomic E-state index is 0.147. The fraction of sp³-hybridized carbons (Fsp3) is 0.409. The second-order valence-electron chi connectivity index (χ2n) is 6.94. The number of nitrogens with one attached hydrogen (secondary N) is 1. The summed E-state index contributed by atoms with van der Waals surface area (Å²) in [7, 11) is -0.578. The number of benzene rings is 2. The van der Waals surface area contributed by atoms with Crippen LogP contribution >= 0.6 is 0 Å². The average Bonchev–Trinajstić information content (AvgIpc) is 2.74. The van der Waals surface area contributed by atoms with E-state index in [1.807, 2.05) is 31.2 Å². The van der Waals surface area contributed by atoms with E-state index in [1.165, 1.54) is 18.5 Å². The molecular weight excluding hydrogens is 420 g/mol. The first-order valence-electron chi connectivity index (χ1n) is 9.91. The Hall–Kier alpha value is -2.94. The molecule has 0 fully saturated rings. The van der Waals surface area contributed by atoms with E-state index in [0.717, 1.165) is 17.6 Å². The van der Waals surface area contributed by atoms with E-state index in [1.54, 1.807) is 18.2 Å². The number of nitrogens with zero attached hydrogens (tertiary/aromatic N) is 1. The monoisotopic (exact) mass is 450 g/mol. The van der Waals surface area contributed by atoms with Gasteiger partial charge in [0, 0.05) is 19.0 Å². The summed E-state index contributed by atoms with van der Waals surface area (Å²) in [4.78, 5) is 12.1. The van der Waals surface area contributed by atoms with Gasteiger partial charge in [-0.2, -0.15) is 0 Å². The molecule has 1 amide bonds. The van der Waals surface area contributed by atoms with Gasteiger partial charge in [0.15, 0.2) is 0 Å². The number of ether oxygens (including phenoxy) is 3. The predicted molar refractivity (Wildman–Crippen MR) is 121 cm³/mol. The molecule has 31 heavy (non-hydrogen) atoms. The summed E-state index contributed by atoms with van der Waals surface area (Å²) < 4.78 is 42.0. The Labute approximate surface area is 184 Å². The molecule has 0 aromatic heterocycles. The van der Waals surface area contributed by atoms with Crippen LogP contribution in [0.15, 0.2) is 42.5 Å². The lowest BCUT2D eigenvalue weighted by atomic mass is 10.2. The van der Waals surface area contributed by atoms with Crippen LogP contribution in [0.3, 0.4) is 0 Å². The highest BCUT2D eigenvalue weighted by Crippen LogP contribution is 2.33. The molecule has 170 valence electrons. The molecule has 2 aromatic carbocycles. The minimum Gasteiger partial charge on any atom is -0.497 e. The highest BCUT2D eigenvalue weighted by molar-refractivity contribution is 7.92. The van der Waals surface area contributed by atoms with Crippen molar-refractivity contribution in [1.82, 2.24) is 5.32 Å². The molecule has 0 unspecified atom stereocenters. The number of hydrogen-bond acceptors (Lipinski definition) is 6. The Balaban J connectivity index is 1.86. The maximum absolute atomic E-state index is 12.3. The van der Waals surface area contributed by atoms with Crippen LogP contribution in [0.4, 0.5) is 5.69 Å². The van der Waals surface area contributed by atoms with E-state index in [2.05, 4.69) is 5.32 Å². The van der Waals surface area contributed by atoms with E-state index >= 15 is 0 Å². The molecule has 2 rings (SSSR count). The van der Waals surface area contributed by atoms with Crippen LogP contribution in [0.25, 0.3) is 0 Å². The molecule has 0 aliphatic carbocycles. The van der Waals surface area contributed by atoms with Crippen molar-refractivity contribution in [2.24, 2.45) is 0 Å². The fourth-order valence-corrected chi connectivity index (χ4v) is 3.97. The quantitative estimate of drug-likeness (QED) is 0.500. The zero-order valence-electron chi connectivity index (χ0n) is 18.4. The summed E-state index contributed by atoms with van der Waals surface area (Å²) in [5.41, 5.74) is 1.43. The second-order valence-corrected chi connectivity index (χ2v) is 8.85. The van der Waals surface area contributed by atoms with Crippen LogP contribution < -0.4 is 23.8 Å². The van der Waals surface area contributed by atoms with Crippen molar-refractivity contribution in [3.8, 4) is 17.2 Å². The summed E-state index contributed by atoms with van der Waals surface area (Å²) in [5, 5.41) is 2.79. The third-order valence-corrected chi connectivity index (χ3v) is 5.78. The zero-order valence-corrected chi connectivity index (χ0v) is 19.2. The lowest BCUT2D eigenvalue weighted by Gasteiger charge is -2.24. The van der Waals surface area contributed by atoms with E-state index in [4.69, 9.17) is 14.2 Å². The molecule has 0 aliphatic rings. The number of para-hydroxylation sites is 1. The standard InChI is InChI=1S/C22H30N2O6S/c1-17-8-5-6-9-20(17)30-15-13-23-22(25)10-7-14-24(31(4,26)27)19-12-11-18(28-2)16-21(19)29-3/h5-6,8-9,11-12,16H,7,10,13-15H2,1-4H3,(H,23,25). The lowest BCUT2D eigenvalue weighted by molar-refractivity contribution is -0.121. The van der Waals surface area contributed by atoms with Gasteiger partial charge in [0.05, 0.1) is 32.7 Å². The van der Waals surface area contributed by atoms with Gasteiger partial charge in [-0.25, -0.2) is 8.42 Å². The van der Waals surface area contributed by atoms with Crippen molar-refractivity contribution in [1.29, 1.82) is 0 Å². The smallest absolute Gasteiger partial charge is 0.232 e. The number of rotatable bonds is 12. The SMILES string of the molecule is COc1ccc(N(CCCC(=O)NCCOc2ccccc2C)S(C)(=O)=O)c(OC)c1. The van der Waals surface area contributed by atoms with Crippen molar-refractivity contribution in [2.45, 2.75) is 19.8 Å². The topological polar surface area (TPSA) is 94.2 Å². The molecule has 0 saturated carbocycles. The number of sulfonamides is 1. The summed E-state index contributed by atoms with van der Waals surface area (Å²) in [5.74, 6) is 1.56. The zero-order chi connectivity index (χ0) is 22.9.